The summed E-state index contributed by atoms with van der Waals surface area (Å²) in [6.07, 6.45) is 4.26. The van der Waals surface area contributed by atoms with E-state index in [2.05, 4.69) is 21.8 Å². The Morgan fingerprint density at radius 2 is 2.20 bits per heavy atom. The Morgan fingerprint density at radius 1 is 1.50 bits per heavy atom. The number of hydrogen-bond donors (Lipinski definition) is 3. The summed E-state index contributed by atoms with van der Waals surface area (Å²) in [5, 5.41) is 23.3. The van der Waals surface area contributed by atoms with Gasteiger partial charge in [0.25, 0.3) is 0 Å². The molecule has 1 aliphatic heterocycles. The third kappa shape index (κ3) is 3.00. The van der Waals surface area contributed by atoms with Gasteiger partial charge in [-0.25, -0.2) is 0 Å². The quantitative estimate of drug-likeness (QED) is 0.704. The Labute approximate surface area is 120 Å². The van der Waals surface area contributed by atoms with Crippen LogP contribution >= 0.6 is 0 Å². The Hall–Kier alpha value is -1.43. The van der Waals surface area contributed by atoms with E-state index in [4.69, 9.17) is 0 Å². The van der Waals surface area contributed by atoms with Gasteiger partial charge in [0, 0.05) is 49.5 Å². The molecule has 1 fully saturated rings. The lowest BCUT2D eigenvalue weighted by Crippen LogP contribution is -2.45. The molecule has 0 aliphatic carbocycles. The van der Waals surface area contributed by atoms with Crippen LogP contribution in [0, 0.1) is 6.92 Å². The molecule has 1 aromatic rings. The van der Waals surface area contributed by atoms with Gasteiger partial charge in [-0.15, -0.1) is 6.58 Å². The zero-order valence-electron chi connectivity index (χ0n) is 12.0. The van der Waals surface area contributed by atoms with E-state index in [0.717, 1.165) is 38.2 Å². The number of nitrogens with zero attached hydrogens (tertiary/aromatic N) is 2. The SMILES string of the molecule is C=CC[C@@H](c1c(CO)cnc(C)c1O)N1CCNCC1. The number of aromatic hydroxyl groups is 1. The van der Waals surface area contributed by atoms with Crippen molar-refractivity contribution in [1.82, 2.24) is 15.2 Å². The minimum absolute atomic E-state index is 0.0402. The summed E-state index contributed by atoms with van der Waals surface area (Å²) in [6.45, 7) is 9.21. The van der Waals surface area contributed by atoms with Crippen molar-refractivity contribution in [2.45, 2.75) is 26.0 Å². The third-order valence-electron chi connectivity index (χ3n) is 3.84. The Kier molecular flexibility index (Phi) is 5.11. The van der Waals surface area contributed by atoms with E-state index in [-0.39, 0.29) is 18.4 Å². The van der Waals surface area contributed by atoms with Gasteiger partial charge in [0.1, 0.15) is 5.75 Å². The third-order valence-corrected chi connectivity index (χ3v) is 3.84. The number of aliphatic hydroxyl groups excluding tert-OH is 1. The smallest absolute Gasteiger partial charge is 0.141 e. The van der Waals surface area contributed by atoms with Crippen molar-refractivity contribution in [2.24, 2.45) is 0 Å². The molecule has 3 N–H and O–H groups in total. The Bertz CT molecular complexity index is 470. The van der Waals surface area contributed by atoms with Gasteiger partial charge in [-0.3, -0.25) is 9.88 Å². The van der Waals surface area contributed by atoms with Crippen molar-refractivity contribution in [3.05, 3.63) is 35.7 Å². The standard InChI is InChI=1S/C15H23N3O2/c1-3-4-13(18-7-5-16-6-8-18)14-12(10-19)9-17-11(2)15(14)20/h3,9,13,16,19-20H,1,4-8,10H2,2H3/t13-/m0/s1. The second-order valence-electron chi connectivity index (χ2n) is 5.12. The number of aryl methyl sites for hydroxylation is 1. The van der Waals surface area contributed by atoms with Crippen molar-refractivity contribution in [2.75, 3.05) is 26.2 Å². The van der Waals surface area contributed by atoms with Crippen LogP contribution in [0.4, 0.5) is 0 Å². The van der Waals surface area contributed by atoms with E-state index in [0.29, 0.717) is 11.3 Å². The first-order valence-corrected chi connectivity index (χ1v) is 7.03. The molecular weight excluding hydrogens is 254 g/mol. The number of nitrogens with one attached hydrogen (secondary N) is 1. The minimum Gasteiger partial charge on any atom is -0.506 e. The first-order chi connectivity index (χ1) is 9.69. The van der Waals surface area contributed by atoms with Crippen LogP contribution in [0.25, 0.3) is 0 Å². The predicted octanol–water partition coefficient (Wildman–Crippen LogP) is 1.11. The van der Waals surface area contributed by atoms with Crippen LogP contribution in [0.5, 0.6) is 5.75 Å². The summed E-state index contributed by atoms with van der Waals surface area (Å²) >= 11 is 0. The molecule has 1 aliphatic rings. The van der Waals surface area contributed by atoms with Crippen molar-refractivity contribution >= 4 is 0 Å². The van der Waals surface area contributed by atoms with Crippen LogP contribution in [-0.4, -0.2) is 46.3 Å². The molecule has 20 heavy (non-hydrogen) atoms. The van der Waals surface area contributed by atoms with Crippen molar-refractivity contribution in [3.63, 3.8) is 0 Å². The molecule has 0 radical (unpaired) electrons. The highest BCUT2D eigenvalue weighted by Gasteiger charge is 2.26. The number of aromatic nitrogens is 1. The lowest BCUT2D eigenvalue weighted by atomic mass is 9.95. The Balaban J connectivity index is 2.41. The molecular formula is C15H23N3O2. The van der Waals surface area contributed by atoms with Crippen molar-refractivity contribution < 1.29 is 10.2 Å². The predicted molar refractivity (Wildman–Crippen MR) is 78.6 cm³/mol. The van der Waals surface area contributed by atoms with E-state index in [1.54, 1.807) is 13.1 Å². The maximum absolute atomic E-state index is 10.4. The van der Waals surface area contributed by atoms with Gasteiger partial charge >= 0.3 is 0 Å². The lowest BCUT2D eigenvalue weighted by Gasteiger charge is -2.36. The van der Waals surface area contributed by atoms with E-state index in [1.165, 1.54) is 0 Å². The molecule has 0 saturated carbocycles. The molecule has 0 spiro atoms. The van der Waals surface area contributed by atoms with E-state index in [1.807, 2.05) is 6.08 Å². The second kappa shape index (κ2) is 6.83. The van der Waals surface area contributed by atoms with Gasteiger partial charge < -0.3 is 15.5 Å². The van der Waals surface area contributed by atoms with Crippen LogP contribution < -0.4 is 5.32 Å². The first-order valence-electron chi connectivity index (χ1n) is 7.03. The number of rotatable bonds is 5. The number of hydrogen-bond acceptors (Lipinski definition) is 5. The molecule has 0 amide bonds. The number of aliphatic hydroxyl groups is 1. The van der Waals surface area contributed by atoms with E-state index < -0.39 is 0 Å². The van der Waals surface area contributed by atoms with Crippen molar-refractivity contribution in [3.8, 4) is 5.75 Å². The zero-order valence-corrected chi connectivity index (χ0v) is 12.0. The monoisotopic (exact) mass is 277 g/mol. The lowest BCUT2D eigenvalue weighted by molar-refractivity contribution is 0.168. The highest BCUT2D eigenvalue weighted by Crippen LogP contribution is 2.35. The average molecular weight is 277 g/mol. The van der Waals surface area contributed by atoms with Gasteiger partial charge in [-0.1, -0.05) is 6.08 Å². The maximum atomic E-state index is 10.4. The molecule has 1 atom stereocenters. The number of piperazine rings is 1. The largest absolute Gasteiger partial charge is 0.506 e. The summed E-state index contributed by atoms with van der Waals surface area (Å²) in [4.78, 5) is 6.46. The highest BCUT2D eigenvalue weighted by molar-refractivity contribution is 5.43. The minimum atomic E-state index is -0.115. The molecule has 5 nitrogen and oxygen atoms in total. The highest BCUT2D eigenvalue weighted by atomic mass is 16.3. The molecule has 0 aromatic carbocycles. The van der Waals surface area contributed by atoms with Crippen molar-refractivity contribution in [1.29, 1.82) is 0 Å². The summed E-state index contributed by atoms with van der Waals surface area (Å²) < 4.78 is 0. The summed E-state index contributed by atoms with van der Waals surface area (Å²) in [5.41, 5.74) is 2.08. The summed E-state index contributed by atoms with van der Waals surface area (Å²) in [5.74, 6) is 0.196. The van der Waals surface area contributed by atoms with Crippen LogP contribution in [0.15, 0.2) is 18.9 Å². The van der Waals surface area contributed by atoms with E-state index in [9.17, 15) is 10.2 Å². The first kappa shape index (κ1) is 15.0. The fourth-order valence-electron chi connectivity index (χ4n) is 2.75. The van der Waals surface area contributed by atoms with Gasteiger partial charge in [0.05, 0.1) is 12.3 Å². The molecule has 5 heteroatoms. The summed E-state index contributed by atoms with van der Waals surface area (Å²) in [6, 6.07) is 0.0402. The Morgan fingerprint density at radius 3 is 2.80 bits per heavy atom. The second-order valence-corrected chi connectivity index (χ2v) is 5.12. The fourth-order valence-corrected chi connectivity index (χ4v) is 2.75. The van der Waals surface area contributed by atoms with Gasteiger partial charge in [-0.2, -0.15) is 0 Å². The van der Waals surface area contributed by atoms with Crippen LogP contribution in [0.2, 0.25) is 0 Å². The average Bonchev–Trinajstić information content (AvgIpc) is 2.49. The van der Waals surface area contributed by atoms with Gasteiger partial charge in [0.15, 0.2) is 0 Å². The maximum Gasteiger partial charge on any atom is 0.141 e. The summed E-state index contributed by atoms with van der Waals surface area (Å²) in [7, 11) is 0. The van der Waals surface area contributed by atoms with Gasteiger partial charge in [0.2, 0.25) is 0 Å². The van der Waals surface area contributed by atoms with Crippen LogP contribution in [-0.2, 0) is 6.61 Å². The molecule has 0 bridgehead atoms. The topological polar surface area (TPSA) is 68.6 Å². The molecule has 2 heterocycles. The molecule has 110 valence electrons. The van der Waals surface area contributed by atoms with E-state index >= 15 is 0 Å². The molecule has 0 unspecified atom stereocenters. The van der Waals surface area contributed by atoms with Crippen LogP contribution in [0.3, 0.4) is 0 Å². The normalized spacial score (nSPS) is 17.9. The van der Waals surface area contributed by atoms with Crippen LogP contribution in [0.1, 0.15) is 29.3 Å². The molecule has 2 rings (SSSR count). The number of pyridine rings is 1. The zero-order chi connectivity index (χ0) is 14.5. The molecule has 1 saturated heterocycles. The fraction of sp³-hybridized carbons (Fsp3) is 0.533. The molecule has 1 aromatic heterocycles. The van der Waals surface area contributed by atoms with Gasteiger partial charge in [-0.05, 0) is 13.3 Å².